The Labute approximate surface area is 152 Å². The predicted octanol–water partition coefficient (Wildman–Crippen LogP) is 2.79. The molecule has 0 radical (unpaired) electrons. The van der Waals surface area contributed by atoms with E-state index in [9.17, 15) is 13.2 Å². The molecule has 5 nitrogen and oxygen atoms in total. The van der Waals surface area contributed by atoms with E-state index < -0.39 is 9.84 Å². The number of benzene rings is 2. The molecule has 0 bridgehead atoms. The summed E-state index contributed by atoms with van der Waals surface area (Å²) in [5, 5.41) is 0.652. The van der Waals surface area contributed by atoms with E-state index in [2.05, 4.69) is 0 Å². The third-order valence-corrected chi connectivity index (χ3v) is 5.92. The molecule has 7 heteroatoms. The molecular weight excluding hydrogens is 362 g/mol. The number of hydrogen-bond acceptors (Lipinski definition) is 4. The van der Waals surface area contributed by atoms with E-state index in [4.69, 9.17) is 16.3 Å². The normalized spacial score (nSPS) is 16.4. The van der Waals surface area contributed by atoms with Gasteiger partial charge in [0.1, 0.15) is 12.4 Å². The third kappa shape index (κ3) is 4.52. The van der Waals surface area contributed by atoms with Crippen LogP contribution in [-0.2, 0) is 16.4 Å². The van der Waals surface area contributed by atoms with Crippen molar-refractivity contribution in [2.75, 3.05) is 24.6 Å². The zero-order valence-corrected chi connectivity index (χ0v) is 15.1. The van der Waals surface area contributed by atoms with Crippen LogP contribution >= 0.6 is 11.6 Å². The molecule has 1 heterocycles. The fraction of sp³-hybridized carbons (Fsp3) is 0.278. The highest BCUT2D eigenvalue weighted by atomic mass is 35.5. The second-order valence-electron chi connectivity index (χ2n) is 5.86. The molecule has 1 aliphatic heterocycles. The number of nitrogens with zero attached hydrogens (tertiary/aromatic N) is 1. The van der Waals surface area contributed by atoms with Gasteiger partial charge in [0.25, 0.3) is 5.91 Å². The van der Waals surface area contributed by atoms with Crippen LogP contribution in [0.1, 0.15) is 15.9 Å². The van der Waals surface area contributed by atoms with Gasteiger partial charge in [-0.25, -0.2) is 8.42 Å². The molecule has 0 N–H and O–H groups in total. The molecule has 0 aromatic heterocycles. The summed E-state index contributed by atoms with van der Waals surface area (Å²) in [6, 6.07) is 14.3. The van der Waals surface area contributed by atoms with Crippen molar-refractivity contribution in [2.45, 2.75) is 6.61 Å². The van der Waals surface area contributed by atoms with Crippen molar-refractivity contribution in [1.82, 2.24) is 4.90 Å². The second-order valence-corrected chi connectivity index (χ2v) is 8.60. The van der Waals surface area contributed by atoms with Crippen LogP contribution in [0.4, 0.5) is 0 Å². The predicted molar refractivity (Wildman–Crippen MR) is 96.8 cm³/mol. The summed E-state index contributed by atoms with van der Waals surface area (Å²) in [6.07, 6.45) is 0. The van der Waals surface area contributed by atoms with E-state index in [0.29, 0.717) is 22.9 Å². The highest BCUT2D eigenvalue weighted by Crippen LogP contribution is 2.22. The van der Waals surface area contributed by atoms with Gasteiger partial charge in [-0.3, -0.25) is 4.79 Å². The molecule has 0 aliphatic carbocycles. The quantitative estimate of drug-likeness (QED) is 0.819. The van der Waals surface area contributed by atoms with Gasteiger partial charge in [-0.05, 0) is 29.8 Å². The molecule has 1 fully saturated rings. The number of carbonyl (C=O) groups excluding carboxylic acids is 1. The second kappa shape index (κ2) is 7.45. The lowest BCUT2D eigenvalue weighted by Crippen LogP contribution is -2.43. The van der Waals surface area contributed by atoms with E-state index in [1.165, 1.54) is 0 Å². The van der Waals surface area contributed by atoms with Crippen molar-refractivity contribution in [2.24, 2.45) is 0 Å². The van der Waals surface area contributed by atoms with Crippen molar-refractivity contribution < 1.29 is 17.9 Å². The number of para-hydroxylation sites is 1. The highest BCUT2D eigenvalue weighted by molar-refractivity contribution is 7.91. The fourth-order valence-electron chi connectivity index (χ4n) is 2.60. The first-order chi connectivity index (χ1) is 11.9. The standard InChI is InChI=1S/C18H18ClNO4S/c19-15-7-5-14(6-8-15)13-24-17-4-2-1-3-16(17)18(21)20-9-11-25(22,23)12-10-20/h1-8H,9-13H2. The Kier molecular flexibility index (Phi) is 5.30. The highest BCUT2D eigenvalue weighted by Gasteiger charge is 2.27. The number of hydrogen-bond donors (Lipinski definition) is 0. The lowest BCUT2D eigenvalue weighted by molar-refractivity contribution is 0.0765. The Morgan fingerprint density at radius 1 is 1.04 bits per heavy atom. The van der Waals surface area contributed by atoms with E-state index in [1.54, 1.807) is 41.3 Å². The summed E-state index contributed by atoms with van der Waals surface area (Å²) < 4.78 is 28.9. The topological polar surface area (TPSA) is 63.7 Å². The van der Waals surface area contributed by atoms with Crippen molar-refractivity contribution in [1.29, 1.82) is 0 Å². The van der Waals surface area contributed by atoms with Crippen LogP contribution in [-0.4, -0.2) is 43.8 Å². The Bertz CT molecular complexity index is 851. The number of rotatable bonds is 4. The van der Waals surface area contributed by atoms with Crippen molar-refractivity contribution >= 4 is 27.3 Å². The molecule has 3 rings (SSSR count). The number of ether oxygens (including phenoxy) is 1. The van der Waals surface area contributed by atoms with Gasteiger partial charge in [-0.2, -0.15) is 0 Å². The zero-order chi connectivity index (χ0) is 17.9. The molecular formula is C18H18ClNO4S. The average Bonchev–Trinajstić information content (AvgIpc) is 2.61. The minimum atomic E-state index is -3.03. The maximum absolute atomic E-state index is 12.7. The molecule has 0 unspecified atom stereocenters. The Hall–Kier alpha value is -2.05. The van der Waals surface area contributed by atoms with E-state index in [1.807, 2.05) is 12.1 Å². The molecule has 2 aromatic carbocycles. The van der Waals surface area contributed by atoms with Gasteiger partial charge in [0, 0.05) is 18.1 Å². The van der Waals surface area contributed by atoms with Gasteiger partial charge >= 0.3 is 0 Å². The first kappa shape index (κ1) is 17.8. The van der Waals surface area contributed by atoms with Crippen LogP contribution in [0.2, 0.25) is 5.02 Å². The first-order valence-corrected chi connectivity index (χ1v) is 10.1. The monoisotopic (exact) mass is 379 g/mol. The van der Waals surface area contributed by atoms with Crippen LogP contribution in [0.5, 0.6) is 5.75 Å². The lowest BCUT2D eigenvalue weighted by atomic mass is 10.1. The number of amides is 1. The number of halogens is 1. The summed E-state index contributed by atoms with van der Waals surface area (Å²) in [5.74, 6) is 0.288. The van der Waals surface area contributed by atoms with Crippen molar-refractivity contribution in [3.05, 3.63) is 64.7 Å². The van der Waals surface area contributed by atoms with Crippen LogP contribution in [0.15, 0.2) is 48.5 Å². The molecule has 25 heavy (non-hydrogen) atoms. The summed E-state index contributed by atoms with van der Waals surface area (Å²) in [4.78, 5) is 14.3. The molecule has 2 aromatic rings. The summed E-state index contributed by atoms with van der Waals surface area (Å²) in [5.41, 5.74) is 1.38. The van der Waals surface area contributed by atoms with Crippen LogP contribution in [0, 0.1) is 0 Å². The minimum absolute atomic E-state index is 0.00649. The molecule has 0 atom stereocenters. The van der Waals surface area contributed by atoms with E-state index in [-0.39, 0.29) is 30.5 Å². The van der Waals surface area contributed by atoms with Crippen LogP contribution < -0.4 is 4.74 Å². The number of sulfone groups is 1. The van der Waals surface area contributed by atoms with E-state index >= 15 is 0 Å². The molecule has 1 amide bonds. The molecule has 0 spiro atoms. The van der Waals surface area contributed by atoms with E-state index in [0.717, 1.165) is 5.56 Å². The summed E-state index contributed by atoms with van der Waals surface area (Å²) in [6.45, 7) is 0.745. The van der Waals surface area contributed by atoms with Gasteiger partial charge in [-0.1, -0.05) is 35.9 Å². The summed E-state index contributed by atoms with van der Waals surface area (Å²) in [7, 11) is -3.03. The van der Waals surface area contributed by atoms with Crippen molar-refractivity contribution in [3.8, 4) is 5.75 Å². The Balaban J connectivity index is 1.72. The largest absolute Gasteiger partial charge is 0.488 e. The minimum Gasteiger partial charge on any atom is -0.488 e. The smallest absolute Gasteiger partial charge is 0.257 e. The third-order valence-electron chi connectivity index (χ3n) is 4.06. The molecule has 132 valence electrons. The fourth-order valence-corrected chi connectivity index (χ4v) is 3.92. The summed E-state index contributed by atoms with van der Waals surface area (Å²) >= 11 is 5.87. The van der Waals surface area contributed by atoms with Crippen LogP contribution in [0.3, 0.4) is 0 Å². The van der Waals surface area contributed by atoms with Gasteiger partial charge < -0.3 is 9.64 Å². The van der Waals surface area contributed by atoms with Gasteiger partial charge in [0.05, 0.1) is 17.1 Å². The molecule has 1 aliphatic rings. The Morgan fingerprint density at radius 2 is 1.68 bits per heavy atom. The number of carbonyl (C=O) groups is 1. The lowest BCUT2D eigenvalue weighted by Gasteiger charge is -2.27. The maximum atomic E-state index is 12.7. The molecule has 0 saturated carbocycles. The van der Waals surface area contributed by atoms with Gasteiger partial charge in [0.15, 0.2) is 9.84 Å². The SMILES string of the molecule is O=C(c1ccccc1OCc1ccc(Cl)cc1)N1CCS(=O)(=O)CC1. The zero-order valence-electron chi connectivity index (χ0n) is 13.5. The first-order valence-electron chi connectivity index (χ1n) is 7.90. The molecule has 1 saturated heterocycles. The van der Waals surface area contributed by atoms with Crippen LogP contribution in [0.25, 0.3) is 0 Å². The van der Waals surface area contributed by atoms with Gasteiger partial charge in [-0.15, -0.1) is 0 Å². The van der Waals surface area contributed by atoms with Crippen molar-refractivity contribution in [3.63, 3.8) is 0 Å². The maximum Gasteiger partial charge on any atom is 0.257 e. The van der Waals surface area contributed by atoms with Gasteiger partial charge in [0.2, 0.25) is 0 Å². The average molecular weight is 380 g/mol. The Morgan fingerprint density at radius 3 is 2.36 bits per heavy atom.